The summed E-state index contributed by atoms with van der Waals surface area (Å²) in [6.45, 7) is 5.91. The number of rotatable bonds is 8. The summed E-state index contributed by atoms with van der Waals surface area (Å²) in [7, 11) is -3.85. The van der Waals surface area contributed by atoms with Gasteiger partial charge in [-0.15, -0.1) is 0 Å². The summed E-state index contributed by atoms with van der Waals surface area (Å²) in [5, 5.41) is 2.57. The van der Waals surface area contributed by atoms with Gasteiger partial charge in [0, 0.05) is 43.3 Å². The minimum Gasteiger partial charge on any atom is -0.444 e. The molecular weight excluding hydrogens is 536 g/mol. The second kappa shape index (κ2) is 12.5. The van der Waals surface area contributed by atoms with Gasteiger partial charge in [0.15, 0.2) is 6.29 Å². The van der Waals surface area contributed by atoms with Crippen molar-refractivity contribution in [2.75, 3.05) is 11.9 Å². The van der Waals surface area contributed by atoms with E-state index in [4.69, 9.17) is 14.3 Å². The Kier molecular flexibility index (Phi) is 9.03. The molecule has 11 nitrogen and oxygen atoms in total. The van der Waals surface area contributed by atoms with E-state index in [1.807, 2.05) is 0 Å². The Labute approximate surface area is 233 Å². The first-order chi connectivity index (χ1) is 19.0. The first-order valence-electron chi connectivity index (χ1n) is 12.7. The molecule has 1 atom stereocenters. The van der Waals surface area contributed by atoms with Gasteiger partial charge in [-0.05, 0) is 81.1 Å². The van der Waals surface area contributed by atoms with Crippen molar-refractivity contribution < 1.29 is 32.3 Å². The number of anilines is 1. The zero-order valence-electron chi connectivity index (χ0n) is 22.5. The van der Waals surface area contributed by atoms with Crippen LogP contribution in [0.15, 0.2) is 72.0 Å². The van der Waals surface area contributed by atoms with Crippen LogP contribution in [0.3, 0.4) is 0 Å². The van der Waals surface area contributed by atoms with Crippen LogP contribution in [0.5, 0.6) is 0 Å². The Morgan fingerprint density at radius 2 is 1.82 bits per heavy atom. The van der Waals surface area contributed by atoms with Gasteiger partial charge in [-0.2, -0.15) is 0 Å². The SMILES string of the molecule is CC(C)(C)OC(=O)Nc1ccc(-c2ccc(S(=O)(=O)n3ccc(C=CC(=O)NOC4CCCCO4)c3)cc2)cn1. The van der Waals surface area contributed by atoms with Gasteiger partial charge in [0.2, 0.25) is 0 Å². The molecule has 2 aromatic heterocycles. The van der Waals surface area contributed by atoms with E-state index in [-0.39, 0.29) is 4.90 Å². The van der Waals surface area contributed by atoms with Crippen LogP contribution >= 0.6 is 0 Å². The van der Waals surface area contributed by atoms with Gasteiger partial charge in [-0.25, -0.2) is 32.5 Å². The fraction of sp³-hybridized carbons (Fsp3) is 0.321. The highest BCUT2D eigenvalue weighted by molar-refractivity contribution is 7.90. The molecule has 0 saturated carbocycles. The molecule has 1 unspecified atom stereocenters. The van der Waals surface area contributed by atoms with Crippen LogP contribution in [0.25, 0.3) is 17.2 Å². The molecule has 2 N–H and O–H groups in total. The minimum atomic E-state index is -3.85. The Balaban J connectivity index is 1.35. The quantitative estimate of drug-likeness (QED) is 0.294. The largest absolute Gasteiger partial charge is 0.444 e. The lowest BCUT2D eigenvalue weighted by Gasteiger charge is -2.21. The van der Waals surface area contributed by atoms with Crippen molar-refractivity contribution in [2.24, 2.45) is 0 Å². The number of carbonyl (C=O) groups excluding carboxylic acids is 2. The maximum absolute atomic E-state index is 13.1. The van der Waals surface area contributed by atoms with Crippen molar-refractivity contribution in [3.05, 3.63) is 72.7 Å². The number of amides is 2. The molecule has 1 aliphatic heterocycles. The summed E-state index contributed by atoms with van der Waals surface area (Å²) in [6, 6.07) is 11.3. The second-order valence-electron chi connectivity index (χ2n) is 10.1. The average molecular weight is 569 g/mol. The fourth-order valence-electron chi connectivity index (χ4n) is 3.76. The highest BCUT2D eigenvalue weighted by Crippen LogP contribution is 2.23. The van der Waals surface area contributed by atoms with Crippen LogP contribution in [0.1, 0.15) is 45.6 Å². The number of aromatic nitrogens is 2. The normalized spacial score (nSPS) is 16.0. The molecular formula is C28H32N4O7S. The summed E-state index contributed by atoms with van der Waals surface area (Å²) in [5.41, 5.74) is 3.71. The lowest BCUT2D eigenvalue weighted by molar-refractivity contribution is -0.198. The summed E-state index contributed by atoms with van der Waals surface area (Å²) in [5.74, 6) is -0.151. The highest BCUT2D eigenvalue weighted by atomic mass is 32.2. The second-order valence-corrected chi connectivity index (χ2v) is 11.9. The number of hydrogen-bond donors (Lipinski definition) is 2. The fourth-order valence-corrected chi connectivity index (χ4v) is 4.97. The lowest BCUT2D eigenvalue weighted by atomic mass is 10.1. The van der Waals surface area contributed by atoms with Crippen molar-refractivity contribution in [3.8, 4) is 11.1 Å². The molecule has 0 bridgehead atoms. The van der Waals surface area contributed by atoms with E-state index in [1.54, 1.807) is 57.3 Å². The highest BCUT2D eigenvalue weighted by Gasteiger charge is 2.18. The van der Waals surface area contributed by atoms with Crippen LogP contribution in [0, 0.1) is 0 Å². The molecule has 4 rings (SSSR count). The van der Waals surface area contributed by atoms with Crippen molar-refractivity contribution in [3.63, 3.8) is 0 Å². The van der Waals surface area contributed by atoms with Crippen LogP contribution in [-0.4, -0.2) is 47.9 Å². The van der Waals surface area contributed by atoms with E-state index in [0.717, 1.165) is 27.9 Å². The van der Waals surface area contributed by atoms with E-state index < -0.39 is 33.9 Å². The first kappa shape index (κ1) is 29.0. The Bertz CT molecular complexity index is 1450. The molecule has 2 amide bonds. The smallest absolute Gasteiger partial charge is 0.413 e. The van der Waals surface area contributed by atoms with Crippen LogP contribution in [-0.2, 0) is 29.1 Å². The van der Waals surface area contributed by atoms with Gasteiger partial charge in [-0.1, -0.05) is 12.1 Å². The zero-order valence-corrected chi connectivity index (χ0v) is 23.3. The number of hydrogen-bond acceptors (Lipinski definition) is 8. The van der Waals surface area contributed by atoms with Crippen molar-refractivity contribution in [1.82, 2.24) is 14.4 Å². The number of pyridine rings is 1. The molecule has 1 aliphatic rings. The third-order valence-corrected chi connectivity index (χ3v) is 7.35. The van der Waals surface area contributed by atoms with Crippen molar-refractivity contribution >= 4 is 33.9 Å². The molecule has 212 valence electrons. The summed E-state index contributed by atoms with van der Waals surface area (Å²) in [4.78, 5) is 33.5. The van der Waals surface area contributed by atoms with E-state index in [0.29, 0.717) is 24.4 Å². The Morgan fingerprint density at radius 1 is 1.07 bits per heavy atom. The predicted molar refractivity (Wildman–Crippen MR) is 148 cm³/mol. The van der Waals surface area contributed by atoms with E-state index in [2.05, 4.69) is 15.8 Å². The van der Waals surface area contributed by atoms with Crippen molar-refractivity contribution in [1.29, 1.82) is 0 Å². The minimum absolute atomic E-state index is 0.0946. The van der Waals surface area contributed by atoms with Crippen LogP contribution in [0.4, 0.5) is 10.6 Å². The number of ether oxygens (including phenoxy) is 2. The topological polar surface area (TPSA) is 138 Å². The third kappa shape index (κ3) is 8.01. The standard InChI is InChI=1S/C28H32N4O7S/c1-28(2,3)38-27(34)30-24-13-10-22(18-29-24)21-8-11-23(12-9-21)40(35,36)32-16-15-20(19-32)7-14-25(33)31-39-26-6-4-5-17-37-26/h7-16,18-19,26H,4-6,17H2,1-3H3,(H,31,33)(H,29,30,34). The molecule has 12 heteroatoms. The van der Waals surface area contributed by atoms with Gasteiger partial charge >= 0.3 is 6.09 Å². The van der Waals surface area contributed by atoms with E-state index in [1.165, 1.54) is 36.7 Å². The molecule has 1 saturated heterocycles. The first-order valence-corrected chi connectivity index (χ1v) is 14.2. The van der Waals surface area contributed by atoms with Crippen molar-refractivity contribution in [2.45, 2.75) is 56.8 Å². The molecule has 0 radical (unpaired) electrons. The maximum Gasteiger partial charge on any atom is 0.413 e. The van der Waals surface area contributed by atoms with Gasteiger partial charge in [0.25, 0.3) is 15.9 Å². The Hall–Kier alpha value is -4.00. The molecule has 3 aromatic rings. The molecule has 40 heavy (non-hydrogen) atoms. The third-order valence-electron chi connectivity index (χ3n) is 5.70. The van der Waals surface area contributed by atoms with Gasteiger partial charge < -0.3 is 9.47 Å². The van der Waals surface area contributed by atoms with Gasteiger partial charge in [0.05, 0.1) is 4.90 Å². The molecule has 3 heterocycles. The number of benzene rings is 1. The molecule has 1 aromatic carbocycles. The van der Waals surface area contributed by atoms with Gasteiger partial charge in [-0.3, -0.25) is 10.1 Å². The van der Waals surface area contributed by atoms with Crippen LogP contribution < -0.4 is 10.8 Å². The summed E-state index contributed by atoms with van der Waals surface area (Å²) >= 11 is 0. The maximum atomic E-state index is 13.1. The Morgan fingerprint density at radius 3 is 2.48 bits per heavy atom. The lowest BCUT2D eigenvalue weighted by Crippen LogP contribution is -2.32. The zero-order chi connectivity index (χ0) is 28.8. The molecule has 0 spiro atoms. The van der Waals surface area contributed by atoms with E-state index >= 15 is 0 Å². The van der Waals surface area contributed by atoms with Gasteiger partial charge in [0.1, 0.15) is 11.4 Å². The number of nitrogens with zero attached hydrogens (tertiary/aromatic N) is 2. The van der Waals surface area contributed by atoms with Crippen LogP contribution in [0.2, 0.25) is 0 Å². The number of carbonyl (C=O) groups is 2. The summed E-state index contributed by atoms with van der Waals surface area (Å²) in [6.07, 6.45) is 8.74. The monoisotopic (exact) mass is 568 g/mol. The molecule has 1 fully saturated rings. The predicted octanol–water partition coefficient (Wildman–Crippen LogP) is 4.72. The number of nitrogens with one attached hydrogen (secondary N) is 2. The summed E-state index contributed by atoms with van der Waals surface area (Å²) < 4.78 is 37.9. The number of hydroxylamine groups is 1. The van der Waals surface area contributed by atoms with E-state index in [9.17, 15) is 18.0 Å². The molecule has 0 aliphatic carbocycles. The average Bonchev–Trinajstić information content (AvgIpc) is 3.41.